The van der Waals surface area contributed by atoms with Crippen molar-refractivity contribution in [1.29, 1.82) is 0 Å². The van der Waals surface area contributed by atoms with Gasteiger partial charge in [0.05, 0.1) is 0 Å². The summed E-state index contributed by atoms with van der Waals surface area (Å²) in [5, 5.41) is 69.6. The topological polar surface area (TPSA) is 213 Å². The van der Waals surface area contributed by atoms with Crippen molar-refractivity contribution in [3.05, 3.63) is 70.9 Å². The number of carbonyl (C=O) groups is 2. The van der Waals surface area contributed by atoms with Crippen LogP contribution in [0.2, 0.25) is 0 Å². The van der Waals surface area contributed by atoms with Gasteiger partial charge in [-0.1, -0.05) is 0 Å². The Kier molecular flexibility index (Phi) is 7.40. The van der Waals surface area contributed by atoms with Crippen LogP contribution in [0.4, 0.5) is 0 Å². The number of carbonyl (C=O) groups excluding carboxylic acids is 1. The zero-order chi connectivity index (χ0) is 26.9. The highest BCUT2D eigenvalue weighted by molar-refractivity contribution is 5.90. The van der Waals surface area contributed by atoms with Crippen LogP contribution in [-0.4, -0.2) is 91.1 Å². The van der Waals surface area contributed by atoms with E-state index in [0.29, 0.717) is 5.56 Å². The summed E-state index contributed by atoms with van der Waals surface area (Å²) in [6, 6.07) is 5.75. The number of ether oxygens (including phenoxy) is 4. The molecule has 0 amide bonds. The lowest BCUT2D eigenvalue weighted by Gasteiger charge is -2.40. The summed E-state index contributed by atoms with van der Waals surface area (Å²) in [6.45, 7) is -0.645. The maximum Gasteiger partial charge on any atom is 0.317 e. The number of aromatic hydroxyl groups is 1. The van der Waals surface area contributed by atoms with Crippen LogP contribution in [0.25, 0.3) is 5.76 Å². The molecule has 2 heterocycles. The van der Waals surface area contributed by atoms with Gasteiger partial charge in [-0.05, 0) is 30.3 Å². The molecule has 7 N–H and O–H groups in total. The number of esters is 1. The summed E-state index contributed by atoms with van der Waals surface area (Å²) in [5.74, 6) is -3.14. The largest absolute Gasteiger partial charge is 0.508 e. The molecule has 1 aliphatic carbocycles. The van der Waals surface area contributed by atoms with Gasteiger partial charge in [0.15, 0.2) is 11.5 Å². The number of phenolic OH excluding ortho intramolecular Hbond substituents is 1. The highest BCUT2D eigenvalue weighted by Crippen LogP contribution is 2.38. The molecule has 1 aromatic rings. The number of aliphatic hydroxyl groups excluding tert-OH is 5. The fourth-order valence-corrected chi connectivity index (χ4v) is 3.84. The van der Waals surface area contributed by atoms with E-state index in [2.05, 4.69) is 0 Å². The molecule has 4 rings (SSSR count). The van der Waals surface area contributed by atoms with Gasteiger partial charge in [0.2, 0.25) is 6.29 Å². The molecule has 0 saturated carbocycles. The Bertz CT molecular complexity index is 1180. The quantitative estimate of drug-likeness (QED) is 0.188. The third-order valence-electron chi connectivity index (χ3n) is 5.71. The minimum atomic E-state index is -1.80. The lowest BCUT2D eigenvalue weighted by Crippen LogP contribution is -2.59. The van der Waals surface area contributed by atoms with E-state index < -0.39 is 61.8 Å². The number of phenols is 1. The third kappa shape index (κ3) is 5.70. The Morgan fingerprint density at radius 1 is 0.946 bits per heavy atom. The molecule has 0 bridgehead atoms. The number of aliphatic hydroxyl groups is 5. The van der Waals surface area contributed by atoms with Crippen LogP contribution in [0, 0.1) is 0 Å². The molecule has 1 fully saturated rings. The van der Waals surface area contributed by atoms with Crippen molar-refractivity contribution in [3.63, 3.8) is 0 Å². The van der Waals surface area contributed by atoms with Crippen LogP contribution >= 0.6 is 0 Å². The van der Waals surface area contributed by atoms with Gasteiger partial charge in [0.25, 0.3) is 0 Å². The van der Waals surface area contributed by atoms with Crippen molar-refractivity contribution in [1.82, 2.24) is 0 Å². The maximum absolute atomic E-state index is 11.6. The first kappa shape index (κ1) is 26.0. The van der Waals surface area contributed by atoms with Gasteiger partial charge in [0.1, 0.15) is 60.8 Å². The molecule has 6 atom stereocenters. The number of allylic oxidation sites excluding steroid dienone is 2. The number of aliphatic carboxylic acids is 1. The number of benzene rings is 1. The van der Waals surface area contributed by atoms with Gasteiger partial charge in [-0.15, -0.1) is 0 Å². The summed E-state index contributed by atoms with van der Waals surface area (Å²) in [4.78, 5) is 22.2. The van der Waals surface area contributed by atoms with Gasteiger partial charge in [-0.2, -0.15) is 0 Å². The van der Waals surface area contributed by atoms with Gasteiger partial charge in [0, 0.05) is 23.3 Å². The Labute approximate surface area is 209 Å². The zero-order valence-corrected chi connectivity index (χ0v) is 19.0. The van der Waals surface area contributed by atoms with Gasteiger partial charge >= 0.3 is 11.9 Å². The fourth-order valence-electron chi connectivity index (χ4n) is 3.84. The van der Waals surface area contributed by atoms with E-state index in [9.17, 15) is 40.2 Å². The Balaban J connectivity index is 1.62. The number of fused-ring (bicyclic) bond motifs is 1. The molecule has 0 radical (unpaired) electrons. The average Bonchev–Trinajstić information content (AvgIpc) is 2.83. The van der Waals surface area contributed by atoms with Crippen molar-refractivity contribution in [2.75, 3.05) is 6.61 Å². The first-order valence-corrected chi connectivity index (χ1v) is 11.0. The average molecular weight is 520 g/mol. The first-order valence-electron chi connectivity index (χ1n) is 11.0. The van der Waals surface area contributed by atoms with E-state index in [1.54, 1.807) is 0 Å². The minimum Gasteiger partial charge on any atom is -0.508 e. The smallest absolute Gasteiger partial charge is 0.317 e. The molecule has 0 spiro atoms. The van der Waals surface area contributed by atoms with E-state index in [4.69, 9.17) is 24.1 Å². The highest BCUT2D eigenvalue weighted by Gasteiger charge is 2.46. The molecule has 2 aliphatic heterocycles. The van der Waals surface area contributed by atoms with Crippen molar-refractivity contribution in [3.8, 4) is 5.75 Å². The second kappa shape index (κ2) is 10.5. The van der Waals surface area contributed by atoms with Crippen molar-refractivity contribution in [2.45, 2.75) is 43.2 Å². The van der Waals surface area contributed by atoms with E-state index >= 15 is 0 Å². The van der Waals surface area contributed by atoms with Crippen LogP contribution < -0.4 is 0 Å². The molecule has 0 aromatic heterocycles. The standard InChI is InChI=1S/C24H24O13/c25-11-3-1-10(2-4-11)23-16(7-13-14(27)5-12(26)6-15(13)35-23)36-24-22(33)21(32)20(31)17(37-24)9-34-19(30)8-18(28)29/h1-7,15,17,20-22,24-27,31-33H,8-9H2,(H,28,29)/t15?,17-,20-,21+,22-,24-/m1/s1. The minimum absolute atomic E-state index is 0.0296. The summed E-state index contributed by atoms with van der Waals surface area (Å²) >= 11 is 0. The van der Waals surface area contributed by atoms with Crippen LogP contribution in [0.15, 0.2) is 65.3 Å². The number of carboxylic acids is 1. The summed E-state index contributed by atoms with van der Waals surface area (Å²) < 4.78 is 22.0. The third-order valence-corrected chi connectivity index (χ3v) is 5.71. The number of hydrogen-bond acceptors (Lipinski definition) is 12. The molecule has 198 valence electrons. The van der Waals surface area contributed by atoms with Crippen molar-refractivity contribution in [2.24, 2.45) is 0 Å². The number of carboxylic acid groups (broad SMARTS) is 1. The molecule has 3 aliphatic rings. The zero-order valence-electron chi connectivity index (χ0n) is 19.0. The predicted molar refractivity (Wildman–Crippen MR) is 120 cm³/mol. The maximum atomic E-state index is 11.6. The Morgan fingerprint density at radius 2 is 1.65 bits per heavy atom. The molecule has 37 heavy (non-hydrogen) atoms. The van der Waals surface area contributed by atoms with Crippen molar-refractivity contribution < 1.29 is 64.3 Å². The van der Waals surface area contributed by atoms with Gasteiger partial charge in [-0.25, -0.2) is 0 Å². The first-order chi connectivity index (χ1) is 17.5. The van der Waals surface area contributed by atoms with Crippen LogP contribution in [0.3, 0.4) is 0 Å². The van der Waals surface area contributed by atoms with Crippen molar-refractivity contribution >= 4 is 17.7 Å². The normalized spacial score (nSPS) is 29.2. The summed E-state index contributed by atoms with van der Waals surface area (Å²) in [6.07, 6.45) is -6.39. The molecule has 1 aromatic carbocycles. The van der Waals surface area contributed by atoms with Gasteiger partial charge in [-0.3, -0.25) is 9.59 Å². The SMILES string of the molecule is O=C(O)CC(=O)OC[C@H]1O[C@@H](OC2=C(c3ccc(O)cc3)OC3C=C(O)C=C(O)C3=C2)[C@H](O)[C@@H](O)[C@@H]1O. The highest BCUT2D eigenvalue weighted by atomic mass is 16.7. The van der Waals surface area contributed by atoms with E-state index in [0.717, 1.165) is 6.08 Å². The van der Waals surface area contributed by atoms with Gasteiger partial charge < -0.3 is 54.7 Å². The number of hydrogen-bond donors (Lipinski definition) is 7. The summed E-state index contributed by atoms with van der Waals surface area (Å²) in [7, 11) is 0. The van der Waals surface area contributed by atoms with Crippen LogP contribution in [0.1, 0.15) is 12.0 Å². The monoisotopic (exact) mass is 520 g/mol. The fraction of sp³-hybridized carbons (Fsp3) is 0.333. The molecule has 13 nitrogen and oxygen atoms in total. The molecule has 13 heteroatoms. The van der Waals surface area contributed by atoms with E-state index in [1.807, 2.05) is 0 Å². The lowest BCUT2D eigenvalue weighted by molar-refractivity contribution is -0.291. The second-order valence-electron chi connectivity index (χ2n) is 8.39. The van der Waals surface area contributed by atoms with E-state index in [1.165, 1.54) is 36.4 Å². The Hall–Kier alpha value is -4.04. The van der Waals surface area contributed by atoms with Crippen LogP contribution in [0.5, 0.6) is 5.75 Å². The molecule has 1 saturated heterocycles. The molecular formula is C24H24O13. The summed E-state index contributed by atoms with van der Waals surface area (Å²) in [5.41, 5.74) is 0.593. The number of rotatable bonds is 7. The van der Waals surface area contributed by atoms with Crippen LogP contribution in [-0.2, 0) is 28.5 Å². The molecular weight excluding hydrogens is 496 g/mol. The van der Waals surface area contributed by atoms with E-state index in [-0.39, 0.29) is 34.4 Å². The molecule has 1 unspecified atom stereocenters. The Morgan fingerprint density at radius 3 is 2.32 bits per heavy atom. The second-order valence-corrected chi connectivity index (χ2v) is 8.39. The predicted octanol–water partition coefficient (Wildman–Crippen LogP) is 0.126. The lowest BCUT2D eigenvalue weighted by atomic mass is 9.97.